The Morgan fingerprint density at radius 3 is 2.95 bits per heavy atom. The van der Waals surface area contributed by atoms with E-state index < -0.39 is 0 Å². The smallest absolute Gasteiger partial charge is 0.226 e. The number of thiophene rings is 1. The molecule has 0 bridgehead atoms. The van der Waals surface area contributed by atoms with E-state index in [2.05, 4.69) is 31.8 Å². The van der Waals surface area contributed by atoms with Crippen LogP contribution in [0.15, 0.2) is 11.4 Å². The summed E-state index contributed by atoms with van der Waals surface area (Å²) in [5, 5.41) is 2.02. The second kappa shape index (κ2) is 6.64. The molecule has 4 heteroatoms. The van der Waals surface area contributed by atoms with Gasteiger partial charge in [0.25, 0.3) is 0 Å². The average Bonchev–Trinajstić information content (AvgIpc) is 3.01. The summed E-state index contributed by atoms with van der Waals surface area (Å²) in [4.78, 5) is 15.7. The normalized spacial score (nSPS) is 19.9. The third-order valence-corrected chi connectivity index (χ3v) is 5.23. The van der Waals surface area contributed by atoms with Crippen LogP contribution in [0.3, 0.4) is 0 Å². The first kappa shape index (κ1) is 16.1. The predicted molar refractivity (Wildman–Crippen MR) is 87.8 cm³/mol. The first-order chi connectivity index (χ1) is 9.94. The third kappa shape index (κ3) is 3.87. The van der Waals surface area contributed by atoms with Gasteiger partial charge in [-0.2, -0.15) is 0 Å². The Bertz CT molecular complexity index is 565. The minimum absolute atomic E-state index is 0.137. The Hall–Kier alpha value is -1.31. The lowest BCUT2D eigenvalue weighted by molar-refractivity contribution is -0.137. The summed E-state index contributed by atoms with van der Waals surface area (Å²) in [6.45, 7) is 5.46. The van der Waals surface area contributed by atoms with E-state index in [4.69, 9.17) is 5.73 Å². The van der Waals surface area contributed by atoms with Gasteiger partial charge in [-0.3, -0.25) is 4.79 Å². The summed E-state index contributed by atoms with van der Waals surface area (Å²) >= 11 is 1.65. The van der Waals surface area contributed by atoms with Crippen LogP contribution in [0.4, 0.5) is 0 Å². The monoisotopic (exact) mass is 304 g/mol. The molecule has 2 N–H and O–H groups in total. The van der Waals surface area contributed by atoms with E-state index in [1.54, 1.807) is 11.3 Å². The van der Waals surface area contributed by atoms with Gasteiger partial charge in [0.2, 0.25) is 5.91 Å². The summed E-state index contributed by atoms with van der Waals surface area (Å²) < 4.78 is 0. The van der Waals surface area contributed by atoms with E-state index >= 15 is 0 Å². The highest BCUT2D eigenvalue weighted by atomic mass is 32.1. The van der Waals surface area contributed by atoms with Crippen LogP contribution >= 0.6 is 11.3 Å². The molecular formula is C17H24N2OS. The van der Waals surface area contributed by atoms with Crippen molar-refractivity contribution in [2.45, 2.75) is 39.7 Å². The number of nitrogens with zero attached hydrogens (tertiary/aromatic N) is 1. The fourth-order valence-corrected chi connectivity index (χ4v) is 3.91. The number of carbonyl (C=O) groups is 1. The number of rotatable bonds is 3. The van der Waals surface area contributed by atoms with Crippen molar-refractivity contribution in [3.63, 3.8) is 0 Å². The van der Waals surface area contributed by atoms with Crippen molar-refractivity contribution >= 4 is 17.2 Å². The molecule has 1 unspecified atom stereocenters. The molecule has 1 aromatic rings. The lowest BCUT2D eigenvalue weighted by Gasteiger charge is -2.29. The molecule has 1 aliphatic carbocycles. The van der Waals surface area contributed by atoms with E-state index in [9.17, 15) is 4.79 Å². The summed E-state index contributed by atoms with van der Waals surface area (Å²) in [6, 6.07) is 2.05. The van der Waals surface area contributed by atoms with Gasteiger partial charge in [0.1, 0.15) is 0 Å². The Labute approximate surface area is 131 Å². The minimum Gasteiger partial charge on any atom is -0.340 e. The number of amides is 1. The van der Waals surface area contributed by atoms with Crippen LogP contribution in [-0.4, -0.2) is 24.4 Å². The molecule has 2 rings (SSSR count). The lowest BCUT2D eigenvalue weighted by atomic mass is 9.81. The van der Waals surface area contributed by atoms with Crippen molar-refractivity contribution in [3.8, 4) is 11.8 Å². The zero-order chi connectivity index (χ0) is 15.5. The van der Waals surface area contributed by atoms with Gasteiger partial charge in [0.05, 0.1) is 13.1 Å². The van der Waals surface area contributed by atoms with Crippen LogP contribution in [0.25, 0.3) is 0 Å². The van der Waals surface area contributed by atoms with Crippen LogP contribution in [0.1, 0.15) is 43.6 Å². The van der Waals surface area contributed by atoms with Crippen LogP contribution < -0.4 is 5.73 Å². The fourth-order valence-electron chi connectivity index (χ4n) is 3.04. The molecular weight excluding hydrogens is 280 g/mol. The van der Waals surface area contributed by atoms with E-state index in [0.29, 0.717) is 13.1 Å². The van der Waals surface area contributed by atoms with Crippen molar-refractivity contribution in [1.82, 2.24) is 4.90 Å². The van der Waals surface area contributed by atoms with Crippen molar-refractivity contribution < 1.29 is 4.79 Å². The highest BCUT2D eigenvalue weighted by Crippen LogP contribution is 2.43. The van der Waals surface area contributed by atoms with Crippen LogP contribution in [-0.2, 0) is 11.3 Å². The maximum atomic E-state index is 12.6. The highest BCUT2D eigenvalue weighted by molar-refractivity contribution is 7.10. The standard InChI is InChI=1S/C17H24N2OS/c1-17(2)8-4-7-15(17)16(20)19(3)11-14-10-13(12-21-14)6-5-9-18/h10,12,15H,4,7-9,11,18H2,1-3H3. The van der Waals surface area contributed by atoms with E-state index in [1.165, 1.54) is 4.88 Å². The molecule has 1 heterocycles. The maximum Gasteiger partial charge on any atom is 0.226 e. The van der Waals surface area contributed by atoms with Gasteiger partial charge in [0.15, 0.2) is 0 Å². The third-order valence-electron chi connectivity index (χ3n) is 4.31. The average molecular weight is 304 g/mol. The topological polar surface area (TPSA) is 46.3 Å². The van der Waals surface area contributed by atoms with Crippen LogP contribution in [0.5, 0.6) is 0 Å². The molecule has 0 radical (unpaired) electrons. The molecule has 1 amide bonds. The van der Waals surface area contributed by atoms with E-state index in [1.807, 2.05) is 17.3 Å². The van der Waals surface area contributed by atoms with Gasteiger partial charge in [-0.15, -0.1) is 11.3 Å². The number of carbonyl (C=O) groups excluding carboxylic acids is 1. The van der Waals surface area contributed by atoms with E-state index in [-0.39, 0.29) is 17.2 Å². The molecule has 1 fully saturated rings. The predicted octanol–water partition coefficient (Wildman–Crippen LogP) is 2.84. The molecule has 3 nitrogen and oxygen atoms in total. The molecule has 21 heavy (non-hydrogen) atoms. The largest absolute Gasteiger partial charge is 0.340 e. The molecule has 0 aromatic carbocycles. The fraction of sp³-hybridized carbons (Fsp3) is 0.588. The Morgan fingerprint density at radius 2 is 2.33 bits per heavy atom. The molecule has 0 saturated heterocycles. The van der Waals surface area contributed by atoms with Crippen molar-refractivity contribution in [3.05, 3.63) is 21.9 Å². The first-order valence-corrected chi connectivity index (χ1v) is 8.33. The zero-order valence-electron chi connectivity index (χ0n) is 13.1. The second-order valence-electron chi connectivity index (χ2n) is 6.44. The number of nitrogens with two attached hydrogens (primary N) is 1. The number of hydrogen-bond acceptors (Lipinski definition) is 3. The van der Waals surface area contributed by atoms with Crippen molar-refractivity contribution in [2.24, 2.45) is 17.1 Å². The van der Waals surface area contributed by atoms with Crippen molar-refractivity contribution in [1.29, 1.82) is 0 Å². The molecule has 1 aromatic heterocycles. The van der Waals surface area contributed by atoms with E-state index in [0.717, 1.165) is 24.8 Å². The molecule has 114 valence electrons. The Morgan fingerprint density at radius 1 is 1.57 bits per heavy atom. The summed E-state index contributed by atoms with van der Waals surface area (Å²) in [5.74, 6) is 6.32. The van der Waals surface area contributed by atoms with Crippen molar-refractivity contribution in [2.75, 3.05) is 13.6 Å². The Kier molecular flexibility index (Phi) is 5.08. The highest BCUT2D eigenvalue weighted by Gasteiger charge is 2.40. The lowest BCUT2D eigenvalue weighted by Crippen LogP contribution is -2.37. The van der Waals surface area contributed by atoms with Crippen LogP contribution in [0.2, 0.25) is 0 Å². The van der Waals surface area contributed by atoms with Gasteiger partial charge >= 0.3 is 0 Å². The molecule has 1 saturated carbocycles. The maximum absolute atomic E-state index is 12.6. The molecule has 0 aliphatic heterocycles. The van der Waals surface area contributed by atoms with Gasteiger partial charge in [-0.25, -0.2) is 0 Å². The minimum atomic E-state index is 0.137. The molecule has 1 atom stereocenters. The molecule has 0 spiro atoms. The van der Waals surface area contributed by atoms with Gasteiger partial charge in [-0.1, -0.05) is 32.1 Å². The quantitative estimate of drug-likeness (QED) is 0.873. The molecule has 1 aliphatic rings. The van der Waals surface area contributed by atoms with Crippen LogP contribution in [0, 0.1) is 23.2 Å². The summed E-state index contributed by atoms with van der Waals surface area (Å²) in [7, 11) is 1.90. The van der Waals surface area contributed by atoms with Gasteiger partial charge in [0, 0.05) is 28.8 Å². The Balaban J connectivity index is 1.99. The summed E-state index contributed by atoms with van der Waals surface area (Å²) in [6.07, 6.45) is 3.33. The second-order valence-corrected chi connectivity index (χ2v) is 7.43. The SMILES string of the molecule is CN(Cc1cc(C#CCN)cs1)C(=O)C1CCCC1(C)C. The summed E-state index contributed by atoms with van der Waals surface area (Å²) in [5.41, 5.74) is 6.50. The zero-order valence-corrected chi connectivity index (χ0v) is 13.9. The van der Waals surface area contributed by atoms with Gasteiger partial charge in [-0.05, 0) is 24.3 Å². The van der Waals surface area contributed by atoms with Gasteiger partial charge < -0.3 is 10.6 Å². The first-order valence-electron chi connectivity index (χ1n) is 7.45. The number of hydrogen-bond donors (Lipinski definition) is 1.